The molecule has 1 amide bonds. The van der Waals surface area contributed by atoms with Gasteiger partial charge in [-0.2, -0.15) is 8.78 Å². The molecular weight excluding hydrogens is 242 g/mol. The molecule has 0 spiro atoms. The van der Waals surface area contributed by atoms with Gasteiger partial charge in [-0.25, -0.2) is 8.78 Å². The van der Waals surface area contributed by atoms with Crippen LogP contribution in [-0.2, 0) is 9.53 Å². The molecule has 0 fully saturated rings. The van der Waals surface area contributed by atoms with Gasteiger partial charge in [-0.05, 0) is 26.7 Å². The first-order valence-electron chi connectivity index (χ1n) is 5.34. The van der Waals surface area contributed by atoms with Gasteiger partial charge in [0.2, 0.25) is 0 Å². The van der Waals surface area contributed by atoms with Crippen molar-refractivity contribution in [3.63, 3.8) is 0 Å². The Labute approximate surface area is 97.5 Å². The van der Waals surface area contributed by atoms with Crippen molar-refractivity contribution in [2.75, 3.05) is 13.2 Å². The summed E-state index contributed by atoms with van der Waals surface area (Å²) >= 11 is 0. The standard InChI is InChI=1S/C10H17F4NO2/c1-7(2)17-6-4-3-5-15-9(16)10(13,14)8(11)12/h7-8H,3-6H2,1-2H3,(H,15,16). The SMILES string of the molecule is CC(C)OCCCCNC(=O)C(F)(F)C(F)F. The number of nitrogens with one attached hydrogen (secondary N) is 1. The Hall–Kier alpha value is -0.850. The first-order chi connectivity index (χ1) is 7.78. The van der Waals surface area contributed by atoms with Crippen LogP contribution in [0.25, 0.3) is 0 Å². The number of hydrogen-bond donors (Lipinski definition) is 1. The summed E-state index contributed by atoms with van der Waals surface area (Å²) in [7, 11) is 0. The van der Waals surface area contributed by atoms with E-state index in [2.05, 4.69) is 0 Å². The Morgan fingerprint density at radius 3 is 2.35 bits per heavy atom. The minimum Gasteiger partial charge on any atom is -0.379 e. The van der Waals surface area contributed by atoms with Crippen LogP contribution >= 0.6 is 0 Å². The molecule has 0 aromatic heterocycles. The summed E-state index contributed by atoms with van der Waals surface area (Å²) < 4.78 is 53.5. The number of amides is 1. The summed E-state index contributed by atoms with van der Waals surface area (Å²) in [6, 6.07) is 0. The van der Waals surface area contributed by atoms with Crippen LogP contribution in [0.15, 0.2) is 0 Å². The predicted octanol–water partition coefficient (Wildman–Crippen LogP) is 2.21. The van der Waals surface area contributed by atoms with Crippen molar-refractivity contribution >= 4 is 5.91 Å². The predicted molar refractivity (Wildman–Crippen MR) is 54.3 cm³/mol. The lowest BCUT2D eigenvalue weighted by Crippen LogP contribution is -2.45. The molecular formula is C10H17F4NO2. The lowest BCUT2D eigenvalue weighted by Gasteiger charge is -2.14. The van der Waals surface area contributed by atoms with Gasteiger partial charge in [-0.3, -0.25) is 4.79 Å². The zero-order valence-electron chi connectivity index (χ0n) is 9.81. The van der Waals surface area contributed by atoms with Gasteiger partial charge in [0, 0.05) is 13.2 Å². The maximum atomic E-state index is 12.4. The average molecular weight is 259 g/mol. The molecule has 0 unspecified atom stereocenters. The van der Waals surface area contributed by atoms with Gasteiger partial charge in [-0.1, -0.05) is 0 Å². The highest BCUT2D eigenvalue weighted by molar-refractivity contribution is 5.83. The molecule has 0 rings (SSSR count). The van der Waals surface area contributed by atoms with E-state index in [1.807, 2.05) is 13.8 Å². The van der Waals surface area contributed by atoms with E-state index in [1.54, 1.807) is 5.32 Å². The molecule has 3 nitrogen and oxygen atoms in total. The monoisotopic (exact) mass is 259 g/mol. The maximum absolute atomic E-state index is 12.4. The smallest absolute Gasteiger partial charge is 0.379 e. The quantitative estimate of drug-likeness (QED) is 0.536. The van der Waals surface area contributed by atoms with E-state index >= 15 is 0 Å². The molecule has 0 heterocycles. The molecule has 0 aromatic rings. The summed E-state index contributed by atoms with van der Waals surface area (Å²) in [6.07, 6.45) is -2.93. The van der Waals surface area contributed by atoms with Gasteiger partial charge in [0.15, 0.2) is 0 Å². The number of hydrogen-bond acceptors (Lipinski definition) is 2. The number of alkyl halides is 4. The van der Waals surface area contributed by atoms with Gasteiger partial charge < -0.3 is 10.1 Å². The Morgan fingerprint density at radius 2 is 1.88 bits per heavy atom. The second-order valence-corrected chi connectivity index (χ2v) is 3.81. The van der Waals surface area contributed by atoms with Crippen LogP contribution in [-0.4, -0.2) is 37.5 Å². The summed E-state index contributed by atoms with van der Waals surface area (Å²) in [5.74, 6) is -6.55. The second kappa shape index (κ2) is 7.47. The topological polar surface area (TPSA) is 38.3 Å². The largest absolute Gasteiger partial charge is 0.383 e. The Balaban J connectivity index is 3.65. The van der Waals surface area contributed by atoms with E-state index in [0.717, 1.165) is 0 Å². The van der Waals surface area contributed by atoms with Gasteiger partial charge in [0.05, 0.1) is 6.10 Å². The van der Waals surface area contributed by atoms with Gasteiger partial charge in [0.25, 0.3) is 5.91 Å². The minimum atomic E-state index is -4.62. The van der Waals surface area contributed by atoms with Crippen molar-refractivity contribution in [1.29, 1.82) is 0 Å². The third-order valence-corrected chi connectivity index (χ3v) is 1.88. The normalized spacial score (nSPS) is 12.2. The highest BCUT2D eigenvalue weighted by atomic mass is 19.3. The lowest BCUT2D eigenvalue weighted by atomic mass is 10.3. The highest BCUT2D eigenvalue weighted by Crippen LogP contribution is 2.22. The van der Waals surface area contributed by atoms with Crippen molar-refractivity contribution in [2.45, 2.75) is 45.1 Å². The molecule has 0 saturated heterocycles. The number of carbonyl (C=O) groups is 1. The first kappa shape index (κ1) is 16.1. The van der Waals surface area contributed by atoms with Crippen molar-refractivity contribution in [2.24, 2.45) is 0 Å². The Morgan fingerprint density at radius 1 is 1.29 bits per heavy atom. The van der Waals surface area contributed by atoms with Crippen LogP contribution in [0, 0.1) is 0 Å². The molecule has 0 aliphatic carbocycles. The summed E-state index contributed by atoms with van der Waals surface area (Å²) in [5.41, 5.74) is 0. The molecule has 0 saturated carbocycles. The van der Waals surface area contributed by atoms with Crippen molar-refractivity contribution < 1.29 is 27.1 Å². The van der Waals surface area contributed by atoms with Crippen molar-refractivity contribution in [1.82, 2.24) is 5.32 Å². The van der Waals surface area contributed by atoms with E-state index in [-0.39, 0.29) is 12.6 Å². The zero-order valence-corrected chi connectivity index (χ0v) is 9.81. The molecule has 0 aliphatic heterocycles. The van der Waals surface area contributed by atoms with Crippen LogP contribution in [0.3, 0.4) is 0 Å². The number of halogens is 4. The van der Waals surface area contributed by atoms with Crippen LogP contribution in [0.5, 0.6) is 0 Å². The summed E-state index contributed by atoms with van der Waals surface area (Å²) in [5, 5.41) is 1.77. The van der Waals surface area contributed by atoms with E-state index in [1.165, 1.54) is 0 Å². The summed E-state index contributed by atoms with van der Waals surface area (Å²) in [4.78, 5) is 10.7. The molecule has 0 radical (unpaired) electrons. The van der Waals surface area contributed by atoms with Crippen LogP contribution in [0.4, 0.5) is 17.6 Å². The van der Waals surface area contributed by atoms with E-state index in [4.69, 9.17) is 4.74 Å². The van der Waals surface area contributed by atoms with Crippen LogP contribution in [0.2, 0.25) is 0 Å². The van der Waals surface area contributed by atoms with E-state index in [9.17, 15) is 22.4 Å². The van der Waals surface area contributed by atoms with Crippen LogP contribution < -0.4 is 5.32 Å². The molecule has 1 N–H and O–H groups in total. The number of ether oxygens (including phenoxy) is 1. The molecule has 7 heteroatoms. The average Bonchev–Trinajstić information content (AvgIpc) is 2.21. The Bertz CT molecular complexity index is 234. The summed E-state index contributed by atoms with van der Waals surface area (Å²) in [6.45, 7) is 4.08. The van der Waals surface area contributed by atoms with E-state index < -0.39 is 18.3 Å². The van der Waals surface area contributed by atoms with Gasteiger partial charge in [0.1, 0.15) is 0 Å². The van der Waals surface area contributed by atoms with E-state index in [0.29, 0.717) is 19.4 Å². The lowest BCUT2D eigenvalue weighted by molar-refractivity contribution is -0.169. The molecule has 0 atom stereocenters. The minimum absolute atomic E-state index is 0.0669. The number of carbonyl (C=O) groups excluding carboxylic acids is 1. The van der Waals surface area contributed by atoms with Crippen LogP contribution in [0.1, 0.15) is 26.7 Å². The highest BCUT2D eigenvalue weighted by Gasteiger charge is 2.48. The number of rotatable bonds is 8. The molecule has 17 heavy (non-hydrogen) atoms. The third kappa shape index (κ3) is 6.45. The van der Waals surface area contributed by atoms with Crippen molar-refractivity contribution in [3.05, 3.63) is 0 Å². The fourth-order valence-corrected chi connectivity index (χ4v) is 0.965. The fourth-order valence-electron chi connectivity index (χ4n) is 0.965. The number of unbranched alkanes of at least 4 members (excludes halogenated alkanes) is 1. The maximum Gasteiger partial charge on any atom is 0.383 e. The molecule has 0 aliphatic rings. The first-order valence-corrected chi connectivity index (χ1v) is 5.34. The van der Waals surface area contributed by atoms with Crippen molar-refractivity contribution in [3.8, 4) is 0 Å². The van der Waals surface area contributed by atoms with Gasteiger partial charge >= 0.3 is 12.3 Å². The molecule has 102 valence electrons. The zero-order chi connectivity index (χ0) is 13.5. The second-order valence-electron chi connectivity index (χ2n) is 3.81. The molecule has 0 aromatic carbocycles. The fraction of sp³-hybridized carbons (Fsp3) is 0.900. The molecule has 0 bridgehead atoms. The Kier molecular flexibility index (Phi) is 7.10. The van der Waals surface area contributed by atoms with Gasteiger partial charge in [-0.15, -0.1) is 0 Å². The third-order valence-electron chi connectivity index (χ3n) is 1.88.